The molecule has 0 bridgehead atoms. The number of hydrogen-bond acceptors (Lipinski definition) is 2. The zero-order valence-corrected chi connectivity index (χ0v) is 13.1. The molecule has 0 spiro atoms. The normalized spacial score (nSPS) is 15.7. The Labute approximate surface area is 126 Å². The maximum Gasteiger partial charge on any atom is 0.238 e. The molecular weight excluding hydrogens is 260 g/mol. The summed E-state index contributed by atoms with van der Waals surface area (Å²) in [6.07, 6.45) is 9.06. The van der Waals surface area contributed by atoms with Crippen LogP contribution in [0.5, 0.6) is 5.88 Å². The van der Waals surface area contributed by atoms with Crippen LogP contribution in [0.1, 0.15) is 36.9 Å². The van der Waals surface area contributed by atoms with E-state index in [-0.39, 0.29) is 0 Å². The van der Waals surface area contributed by atoms with E-state index < -0.39 is 0 Å². The number of fused-ring (bicyclic) bond motifs is 1. The maximum absolute atomic E-state index is 6.09. The van der Waals surface area contributed by atoms with Gasteiger partial charge in [0.05, 0.1) is 6.61 Å². The van der Waals surface area contributed by atoms with Gasteiger partial charge in [0.2, 0.25) is 5.88 Å². The lowest BCUT2D eigenvalue weighted by Crippen LogP contribution is -2.10. The number of hydrogen-bond donors (Lipinski definition) is 0. The molecule has 2 aromatic rings. The Morgan fingerprint density at radius 3 is 2.86 bits per heavy atom. The standard InChI is InChI=1S/C18H24N2O/c1-4-11-20-14(3)13(2)16-9-10-19-18(17(16)20)21-12-15-7-5-6-8-15/h4,9-10,15H,1,5-8,11-12H2,2-3H3. The fourth-order valence-corrected chi connectivity index (χ4v) is 3.40. The summed E-state index contributed by atoms with van der Waals surface area (Å²) in [7, 11) is 0. The highest BCUT2D eigenvalue weighted by molar-refractivity contribution is 5.88. The molecule has 2 aromatic heterocycles. The molecule has 112 valence electrons. The lowest BCUT2D eigenvalue weighted by molar-refractivity contribution is 0.245. The van der Waals surface area contributed by atoms with Crippen LogP contribution in [0.25, 0.3) is 10.9 Å². The van der Waals surface area contributed by atoms with Gasteiger partial charge in [-0.05, 0) is 44.2 Å². The Balaban J connectivity index is 1.97. The van der Waals surface area contributed by atoms with Crippen molar-refractivity contribution in [2.75, 3.05) is 6.61 Å². The molecule has 3 rings (SSSR count). The maximum atomic E-state index is 6.09. The van der Waals surface area contributed by atoms with Crippen molar-refractivity contribution < 1.29 is 4.74 Å². The molecule has 0 N–H and O–H groups in total. The summed E-state index contributed by atoms with van der Waals surface area (Å²) in [6, 6.07) is 2.08. The average molecular weight is 284 g/mol. The van der Waals surface area contributed by atoms with Crippen molar-refractivity contribution >= 4 is 10.9 Å². The highest BCUT2D eigenvalue weighted by Gasteiger charge is 2.19. The zero-order chi connectivity index (χ0) is 14.8. The van der Waals surface area contributed by atoms with E-state index in [1.54, 1.807) is 0 Å². The van der Waals surface area contributed by atoms with Crippen LogP contribution in [-0.2, 0) is 6.54 Å². The summed E-state index contributed by atoms with van der Waals surface area (Å²) in [6.45, 7) is 9.78. The van der Waals surface area contributed by atoms with Crippen molar-refractivity contribution in [3.63, 3.8) is 0 Å². The van der Waals surface area contributed by atoms with Gasteiger partial charge < -0.3 is 9.30 Å². The van der Waals surface area contributed by atoms with Crippen LogP contribution in [0, 0.1) is 19.8 Å². The SMILES string of the molecule is C=CCn1c(C)c(C)c2ccnc(OCC3CCCC3)c21. The molecule has 1 aliphatic rings. The molecule has 3 nitrogen and oxygen atoms in total. The number of aromatic nitrogens is 2. The van der Waals surface area contributed by atoms with Crippen LogP contribution < -0.4 is 4.74 Å². The van der Waals surface area contributed by atoms with E-state index in [4.69, 9.17) is 4.74 Å². The molecule has 0 saturated heterocycles. The Morgan fingerprint density at radius 2 is 2.14 bits per heavy atom. The van der Waals surface area contributed by atoms with Crippen LogP contribution in [0.2, 0.25) is 0 Å². The summed E-state index contributed by atoms with van der Waals surface area (Å²) in [5.41, 5.74) is 3.69. The van der Waals surface area contributed by atoms with E-state index in [2.05, 4.69) is 36.0 Å². The van der Waals surface area contributed by atoms with E-state index in [1.807, 2.05) is 12.3 Å². The van der Waals surface area contributed by atoms with Gasteiger partial charge in [-0.2, -0.15) is 0 Å². The average Bonchev–Trinajstić information content (AvgIpc) is 3.09. The first-order valence-electron chi connectivity index (χ1n) is 7.90. The third kappa shape index (κ3) is 2.57. The zero-order valence-electron chi connectivity index (χ0n) is 13.1. The van der Waals surface area contributed by atoms with Crippen molar-refractivity contribution in [3.05, 3.63) is 36.2 Å². The summed E-state index contributed by atoms with van der Waals surface area (Å²) in [4.78, 5) is 4.49. The minimum Gasteiger partial charge on any atom is -0.476 e. The van der Waals surface area contributed by atoms with E-state index in [1.165, 1.54) is 42.3 Å². The number of nitrogens with zero attached hydrogens (tertiary/aromatic N) is 2. The monoisotopic (exact) mass is 284 g/mol. The molecule has 0 atom stereocenters. The van der Waals surface area contributed by atoms with Crippen molar-refractivity contribution in [2.45, 2.75) is 46.1 Å². The van der Waals surface area contributed by atoms with E-state index in [9.17, 15) is 0 Å². The first kappa shape index (κ1) is 14.2. The van der Waals surface area contributed by atoms with E-state index in [0.29, 0.717) is 5.92 Å². The molecule has 1 saturated carbocycles. The minimum absolute atomic E-state index is 0.701. The number of rotatable bonds is 5. The Bertz CT molecular complexity index is 651. The quantitative estimate of drug-likeness (QED) is 0.760. The number of ether oxygens (including phenoxy) is 1. The summed E-state index contributed by atoms with van der Waals surface area (Å²) >= 11 is 0. The van der Waals surface area contributed by atoms with Crippen molar-refractivity contribution in [1.29, 1.82) is 0 Å². The van der Waals surface area contributed by atoms with Crippen molar-refractivity contribution in [3.8, 4) is 5.88 Å². The first-order chi connectivity index (χ1) is 10.2. The molecule has 21 heavy (non-hydrogen) atoms. The van der Waals surface area contributed by atoms with Crippen LogP contribution in [0.4, 0.5) is 0 Å². The third-order valence-corrected chi connectivity index (χ3v) is 4.75. The highest BCUT2D eigenvalue weighted by atomic mass is 16.5. The highest BCUT2D eigenvalue weighted by Crippen LogP contribution is 2.32. The molecule has 0 radical (unpaired) electrons. The van der Waals surface area contributed by atoms with Gasteiger partial charge in [-0.3, -0.25) is 0 Å². The predicted octanol–water partition coefficient (Wildman–Crippen LogP) is 4.41. The molecule has 2 heterocycles. The minimum atomic E-state index is 0.701. The van der Waals surface area contributed by atoms with Crippen LogP contribution in [0.3, 0.4) is 0 Å². The van der Waals surface area contributed by atoms with E-state index >= 15 is 0 Å². The lowest BCUT2D eigenvalue weighted by Gasteiger charge is -2.13. The molecule has 1 aliphatic carbocycles. The van der Waals surface area contributed by atoms with E-state index in [0.717, 1.165) is 24.5 Å². The molecule has 3 heteroatoms. The number of aryl methyl sites for hydroxylation is 1. The largest absolute Gasteiger partial charge is 0.476 e. The van der Waals surface area contributed by atoms with Gasteiger partial charge in [0.1, 0.15) is 5.52 Å². The van der Waals surface area contributed by atoms with Gasteiger partial charge in [-0.1, -0.05) is 18.9 Å². The second kappa shape index (κ2) is 5.92. The Hall–Kier alpha value is -1.77. The van der Waals surface area contributed by atoms with Gasteiger partial charge in [0.25, 0.3) is 0 Å². The van der Waals surface area contributed by atoms with Crippen LogP contribution in [-0.4, -0.2) is 16.2 Å². The molecule has 0 aliphatic heterocycles. The molecule has 0 amide bonds. The van der Waals surface area contributed by atoms with Crippen LogP contribution in [0.15, 0.2) is 24.9 Å². The molecule has 0 aromatic carbocycles. The van der Waals surface area contributed by atoms with Gasteiger partial charge in [0.15, 0.2) is 0 Å². The first-order valence-corrected chi connectivity index (χ1v) is 7.90. The molecule has 1 fully saturated rings. The molecule has 0 unspecified atom stereocenters. The van der Waals surface area contributed by atoms with Crippen molar-refractivity contribution in [2.24, 2.45) is 5.92 Å². The second-order valence-corrected chi connectivity index (χ2v) is 6.08. The number of pyridine rings is 1. The topological polar surface area (TPSA) is 27.1 Å². The van der Waals surface area contributed by atoms with Gasteiger partial charge >= 0.3 is 0 Å². The second-order valence-electron chi connectivity index (χ2n) is 6.08. The summed E-state index contributed by atoms with van der Waals surface area (Å²) < 4.78 is 8.35. The van der Waals surface area contributed by atoms with Gasteiger partial charge in [-0.25, -0.2) is 4.98 Å². The Morgan fingerprint density at radius 1 is 1.38 bits per heavy atom. The van der Waals surface area contributed by atoms with Crippen LogP contribution >= 0.6 is 0 Å². The fourth-order valence-electron chi connectivity index (χ4n) is 3.40. The summed E-state index contributed by atoms with van der Waals surface area (Å²) in [5, 5.41) is 1.24. The van der Waals surface area contributed by atoms with Gasteiger partial charge in [0, 0.05) is 23.8 Å². The third-order valence-electron chi connectivity index (χ3n) is 4.75. The predicted molar refractivity (Wildman–Crippen MR) is 86.9 cm³/mol. The molecular formula is C18H24N2O. The Kier molecular flexibility index (Phi) is 4.00. The van der Waals surface area contributed by atoms with Crippen molar-refractivity contribution in [1.82, 2.24) is 9.55 Å². The smallest absolute Gasteiger partial charge is 0.238 e. The number of allylic oxidation sites excluding steroid dienone is 1. The van der Waals surface area contributed by atoms with Gasteiger partial charge in [-0.15, -0.1) is 6.58 Å². The fraction of sp³-hybridized carbons (Fsp3) is 0.500. The lowest BCUT2D eigenvalue weighted by atomic mass is 10.1. The summed E-state index contributed by atoms with van der Waals surface area (Å²) in [5.74, 6) is 1.48.